The number of aromatic nitrogens is 6. The van der Waals surface area contributed by atoms with Crippen LogP contribution in [0.2, 0.25) is 0 Å². The number of fused-ring (bicyclic) bond motifs is 2. The molecular formula is C26H38N10O5. The van der Waals surface area contributed by atoms with Gasteiger partial charge in [0, 0.05) is 89.0 Å². The number of H-pyrrole nitrogens is 4. The summed E-state index contributed by atoms with van der Waals surface area (Å²) in [5, 5.41) is 18.7. The van der Waals surface area contributed by atoms with Crippen molar-refractivity contribution in [1.82, 2.24) is 39.7 Å². The molecule has 2 fully saturated rings. The van der Waals surface area contributed by atoms with Gasteiger partial charge in [0.1, 0.15) is 22.1 Å². The predicted molar refractivity (Wildman–Crippen MR) is 154 cm³/mol. The normalized spacial score (nSPS) is 23.4. The van der Waals surface area contributed by atoms with Crippen LogP contribution in [0.15, 0.2) is 22.0 Å². The van der Waals surface area contributed by atoms with Crippen LogP contribution in [0.25, 0.3) is 22.1 Å². The second-order valence-corrected chi connectivity index (χ2v) is 11.0. The van der Waals surface area contributed by atoms with E-state index in [1.54, 1.807) is 13.3 Å². The van der Waals surface area contributed by atoms with Gasteiger partial charge in [0.25, 0.3) is 11.1 Å². The van der Waals surface area contributed by atoms with Gasteiger partial charge in [-0.25, -0.2) is 9.97 Å². The Morgan fingerprint density at radius 3 is 1.78 bits per heavy atom. The minimum absolute atomic E-state index is 0.0293. The second kappa shape index (κ2) is 12.0. The van der Waals surface area contributed by atoms with Gasteiger partial charge in [0.05, 0.1) is 6.10 Å². The Balaban J connectivity index is 0.000000165. The predicted octanol–water partition coefficient (Wildman–Crippen LogP) is -0.834. The van der Waals surface area contributed by atoms with E-state index in [1.165, 1.54) is 0 Å². The summed E-state index contributed by atoms with van der Waals surface area (Å²) < 4.78 is 5.39. The largest absolute Gasteiger partial charge is 0.396 e. The Bertz CT molecular complexity index is 1600. The Morgan fingerprint density at radius 2 is 1.34 bits per heavy atom. The second-order valence-electron chi connectivity index (χ2n) is 11.0. The van der Waals surface area contributed by atoms with Crippen molar-refractivity contribution in [1.29, 1.82) is 0 Å². The van der Waals surface area contributed by atoms with E-state index >= 15 is 0 Å². The number of likely N-dealkylation sites (tertiary alicyclic amines) is 2. The van der Waals surface area contributed by atoms with Crippen molar-refractivity contribution in [3.63, 3.8) is 0 Å². The van der Waals surface area contributed by atoms with Gasteiger partial charge in [0.2, 0.25) is 11.9 Å². The molecule has 15 nitrogen and oxygen atoms in total. The lowest BCUT2D eigenvalue weighted by Gasteiger charge is -2.14. The van der Waals surface area contributed by atoms with Gasteiger partial charge in [-0.15, -0.1) is 0 Å². The molecule has 2 aliphatic rings. The lowest BCUT2D eigenvalue weighted by Crippen LogP contribution is -2.23. The van der Waals surface area contributed by atoms with Crippen LogP contribution < -0.4 is 22.6 Å². The van der Waals surface area contributed by atoms with Crippen LogP contribution in [0.4, 0.5) is 11.9 Å². The third kappa shape index (κ3) is 5.99. The molecule has 2 saturated heterocycles. The van der Waals surface area contributed by atoms with Gasteiger partial charge in [-0.1, -0.05) is 6.92 Å². The number of rotatable bonds is 7. The van der Waals surface area contributed by atoms with Crippen LogP contribution in [-0.4, -0.2) is 103 Å². The summed E-state index contributed by atoms with van der Waals surface area (Å²) in [5.74, 6) is 1.15. The summed E-state index contributed by atoms with van der Waals surface area (Å²) in [4.78, 5) is 47.2. The number of methoxy groups -OCH3 is 1. The van der Waals surface area contributed by atoms with Crippen molar-refractivity contribution in [2.24, 2.45) is 17.8 Å². The van der Waals surface area contributed by atoms with Crippen molar-refractivity contribution in [2.75, 3.05) is 58.0 Å². The molecule has 6 rings (SSSR count). The third-order valence-electron chi connectivity index (χ3n) is 8.13. The first kappa shape index (κ1) is 28.8. The standard InChI is InChI=1S/C13H19N5O3.C13H19N5O2/c1-21-9-5-18(4-8(9)6-19)3-7-2-15-11-10(7)16-13(14)17-12(11)20;1-7-3-18(5-9(7)6-19)4-8-2-15-11-10(8)16-13(14)17-12(11)20/h2,8-9,15,19H,3-6H2,1H3,(H3,14,16,17,20);2,7,9,15,19H,3-6H2,1H3,(H3,14,16,17,20). The van der Waals surface area contributed by atoms with Crippen LogP contribution >= 0.6 is 0 Å². The highest BCUT2D eigenvalue weighted by Gasteiger charge is 2.33. The van der Waals surface area contributed by atoms with Crippen molar-refractivity contribution in [3.05, 3.63) is 44.2 Å². The number of ether oxygens (including phenoxy) is 1. The van der Waals surface area contributed by atoms with Crippen LogP contribution in [0.5, 0.6) is 0 Å². The van der Waals surface area contributed by atoms with E-state index in [1.807, 2.05) is 6.20 Å². The summed E-state index contributed by atoms with van der Waals surface area (Å²) in [5.41, 5.74) is 14.7. The first-order valence-corrected chi connectivity index (χ1v) is 13.6. The van der Waals surface area contributed by atoms with Crippen LogP contribution in [0.3, 0.4) is 0 Å². The molecule has 10 N–H and O–H groups in total. The molecular weight excluding hydrogens is 532 g/mol. The Hall–Kier alpha value is -3.76. The fraction of sp³-hybridized carbons (Fsp3) is 0.538. The van der Waals surface area contributed by atoms with E-state index < -0.39 is 0 Å². The number of anilines is 2. The summed E-state index contributed by atoms with van der Waals surface area (Å²) in [6.45, 7) is 7.11. The van der Waals surface area contributed by atoms with Crippen molar-refractivity contribution < 1.29 is 14.9 Å². The minimum atomic E-state index is -0.270. The van der Waals surface area contributed by atoms with E-state index in [0.717, 1.165) is 37.3 Å². The number of aliphatic hydroxyl groups is 2. The molecule has 4 atom stereocenters. The van der Waals surface area contributed by atoms with Gasteiger partial charge in [-0.2, -0.15) is 0 Å². The maximum atomic E-state index is 11.8. The molecule has 0 radical (unpaired) electrons. The molecule has 4 unspecified atom stereocenters. The van der Waals surface area contributed by atoms with Crippen molar-refractivity contribution in [3.8, 4) is 0 Å². The van der Waals surface area contributed by atoms with Gasteiger partial charge in [-0.3, -0.25) is 29.4 Å². The van der Waals surface area contributed by atoms with Gasteiger partial charge in [0.15, 0.2) is 0 Å². The molecule has 2 aliphatic heterocycles. The maximum Gasteiger partial charge on any atom is 0.276 e. The molecule has 0 aliphatic carbocycles. The summed E-state index contributed by atoms with van der Waals surface area (Å²) in [6, 6.07) is 0. The highest BCUT2D eigenvalue weighted by atomic mass is 16.5. The summed E-state index contributed by atoms with van der Waals surface area (Å²) in [7, 11) is 1.66. The number of hydrogen-bond donors (Lipinski definition) is 8. The molecule has 15 heteroatoms. The van der Waals surface area contributed by atoms with Crippen molar-refractivity contribution in [2.45, 2.75) is 26.1 Å². The number of aromatic amines is 4. The fourth-order valence-electron chi connectivity index (χ4n) is 5.90. The number of hydrogen-bond acceptors (Lipinski definition) is 11. The topological polar surface area (TPSA) is 231 Å². The Morgan fingerprint density at radius 1 is 0.854 bits per heavy atom. The molecule has 0 amide bonds. The average Bonchev–Trinajstić information content (AvgIpc) is 3.71. The van der Waals surface area contributed by atoms with Crippen LogP contribution in [-0.2, 0) is 17.8 Å². The molecule has 41 heavy (non-hydrogen) atoms. The molecule has 6 heterocycles. The SMILES string of the molecule is CC1CN(Cc2c[nH]c3c(=O)[nH]c(N)nc23)CC1CO.COC1CN(Cc2c[nH]c3c(=O)[nH]c(N)nc23)CC1CO. The number of nitrogen functional groups attached to an aromatic ring is 2. The molecule has 0 bridgehead atoms. The summed E-state index contributed by atoms with van der Waals surface area (Å²) >= 11 is 0. The molecule has 0 saturated carbocycles. The zero-order valence-electron chi connectivity index (χ0n) is 23.2. The molecule has 0 spiro atoms. The van der Waals surface area contributed by atoms with Gasteiger partial charge >= 0.3 is 0 Å². The first-order chi connectivity index (χ1) is 19.7. The number of nitrogens with two attached hydrogens (primary N) is 2. The third-order valence-corrected chi connectivity index (χ3v) is 8.13. The number of nitrogens with zero attached hydrogens (tertiary/aromatic N) is 4. The van der Waals surface area contributed by atoms with Gasteiger partial charge < -0.3 is 36.4 Å². The molecule has 4 aromatic rings. The highest BCUT2D eigenvalue weighted by Crippen LogP contribution is 2.26. The van der Waals surface area contributed by atoms with Crippen molar-refractivity contribution >= 4 is 34.0 Å². The number of nitrogens with one attached hydrogen (secondary N) is 4. The monoisotopic (exact) mass is 570 g/mol. The zero-order chi connectivity index (χ0) is 29.3. The molecule has 4 aromatic heterocycles. The van der Waals surface area contributed by atoms with E-state index in [0.29, 0.717) is 47.0 Å². The lowest BCUT2D eigenvalue weighted by molar-refractivity contribution is 0.0558. The van der Waals surface area contributed by atoms with E-state index in [-0.39, 0.29) is 48.3 Å². The Kier molecular flexibility index (Phi) is 8.42. The van der Waals surface area contributed by atoms with Crippen LogP contribution in [0.1, 0.15) is 18.1 Å². The quantitative estimate of drug-likeness (QED) is 0.137. The molecule has 0 aromatic carbocycles. The molecule has 222 valence electrons. The fourth-order valence-corrected chi connectivity index (χ4v) is 5.90. The van der Waals surface area contributed by atoms with E-state index in [2.05, 4.69) is 46.6 Å². The van der Waals surface area contributed by atoms with E-state index in [4.69, 9.17) is 16.2 Å². The smallest absolute Gasteiger partial charge is 0.276 e. The Labute approximate surface area is 234 Å². The summed E-state index contributed by atoms with van der Waals surface area (Å²) in [6.07, 6.45) is 3.62. The zero-order valence-corrected chi connectivity index (χ0v) is 23.2. The minimum Gasteiger partial charge on any atom is -0.396 e. The maximum absolute atomic E-state index is 11.8. The first-order valence-electron chi connectivity index (χ1n) is 13.6. The lowest BCUT2D eigenvalue weighted by atomic mass is 10.00. The number of aliphatic hydroxyl groups excluding tert-OH is 2. The van der Waals surface area contributed by atoms with E-state index in [9.17, 15) is 19.8 Å². The highest BCUT2D eigenvalue weighted by molar-refractivity contribution is 5.79. The van der Waals surface area contributed by atoms with Crippen LogP contribution in [0, 0.1) is 17.8 Å². The van der Waals surface area contributed by atoms with Gasteiger partial charge in [-0.05, 0) is 11.8 Å². The average molecular weight is 571 g/mol.